The third-order valence-corrected chi connectivity index (χ3v) is 4.84. The smallest absolute Gasteiger partial charge is 0.251 e. The zero-order chi connectivity index (χ0) is 18.5. The van der Waals surface area contributed by atoms with E-state index in [0.29, 0.717) is 17.3 Å². The Morgan fingerprint density at radius 3 is 2.88 bits per heavy atom. The Kier molecular flexibility index (Phi) is 6.31. The second kappa shape index (κ2) is 8.68. The van der Waals surface area contributed by atoms with Crippen molar-refractivity contribution >= 4 is 52.6 Å². The summed E-state index contributed by atoms with van der Waals surface area (Å²) < 4.78 is 5.32. The number of morpholine rings is 1. The number of amides is 2. The van der Waals surface area contributed by atoms with Crippen molar-refractivity contribution in [2.45, 2.75) is 0 Å². The number of carbonyl (C=O) groups excluding carboxylic acids is 2. The van der Waals surface area contributed by atoms with Crippen LogP contribution in [0.1, 0.15) is 0 Å². The van der Waals surface area contributed by atoms with Crippen LogP contribution in [0, 0.1) is 5.92 Å². The van der Waals surface area contributed by atoms with Gasteiger partial charge in [0, 0.05) is 11.2 Å². The van der Waals surface area contributed by atoms with Gasteiger partial charge in [0.1, 0.15) is 13.1 Å². The van der Waals surface area contributed by atoms with Crippen LogP contribution in [0.5, 0.6) is 0 Å². The number of aliphatic imine (C=N–C) groups is 1. The number of quaternary nitrogens is 1. The fraction of sp³-hybridized carbons (Fsp3) is 0.412. The van der Waals surface area contributed by atoms with Crippen molar-refractivity contribution in [1.29, 1.82) is 0 Å². The topological polar surface area (TPSA) is 75.4 Å². The van der Waals surface area contributed by atoms with Gasteiger partial charge in [-0.25, -0.2) is 0 Å². The molecule has 1 aromatic rings. The number of carbonyl (C=O) groups is 2. The normalized spacial score (nSPS) is 22.1. The Balaban J connectivity index is 1.66. The van der Waals surface area contributed by atoms with Crippen molar-refractivity contribution in [3.63, 3.8) is 0 Å². The molecule has 1 atom stereocenters. The number of ether oxygens (including phenoxy) is 1. The van der Waals surface area contributed by atoms with Gasteiger partial charge in [-0.15, -0.1) is 0 Å². The van der Waals surface area contributed by atoms with Gasteiger partial charge in [0.2, 0.25) is 5.91 Å². The van der Waals surface area contributed by atoms with Crippen LogP contribution in [-0.2, 0) is 14.3 Å². The van der Waals surface area contributed by atoms with Gasteiger partial charge in [-0.05, 0) is 30.4 Å². The van der Waals surface area contributed by atoms with Crippen LogP contribution in [-0.4, -0.2) is 62.5 Å². The van der Waals surface area contributed by atoms with E-state index < -0.39 is 17.7 Å². The first-order valence-electron chi connectivity index (χ1n) is 8.42. The molecule has 0 saturated carbocycles. The molecular formula is C17H20ClN4O3S+. The van der Waals surface area contributed by atoms with Crippen LogP contribution in [0.4, 0.5) is 5.69 Å². The number of rotatable bonds is 5. The summed E-state index contributed by atoms with van der Waals surface area (Å²) in [4.78, 5) is 31.9. The van der Waals surface area contributed by atoms with Gasteiger partial charge in [0.25, 0.3) is 5.91 Å². The predicted molar refractivity (Wildman–Crippen MR) is 103 cm³/mol. The average Bonchev–Trinajstić information content (AvgIpc) is 2.61. The fourth-order valence-electron chi connectivity index (χ4n) is 2.89. The molecular weight excluding hydrogens is 376 g/mol. The van der Waals surface area contributed by atoms with Crippen molar-refractivity contribution in [1.82, 2.24) is 5.32 Å². The molecule has 0 unspecified atom stereocenters. The highest BCUT2D eigenvalue weighted by molar-refractivity contribution is 7.80. The summed E-state index contributed by atoms with van der Waals surface area (Å²) in [5, 5.41) is 3.09. The Morgan fingerprint density at radius 2 is 2.15 bits per heavy atom. The molecule has 0 bridgehead atoms. The molecule has 26 heavy (non-hydrogen) atoms. The highest BCUT2D eigenvalue weighted by Gasteiger charge is 2.38. The molecule has 0 aromatic heterocycles. The molecule has 7 nitrogen and oxygen atoms in total. The average molecular weight is 396 g/mol. The Labute approximate surface area is 161 Å². The zero-order valence-corrected chi connectivity index (χ0v) is 15.7. The lowest BCUT2D eigenvalue weighted by Crippen LogP contribution is -3.14. The molecule has 2 aliphatic rings. The molecule has 138 valence electrons. The van der Waals surface area contributed by atoms with Gasteiger partial charge in [-0.3, -0.25) is 19.5 Å². The van der Waals surface area contributed by atoms with Crippen molar-refractivity contribution in [3.05, 3.63) is 29.3 Å². The molecule has 0 aliphatic carbocycles. The fourth-order valence-corrected chi connectivity index (χ4v) is 3.37. The number of hydrogen-bond donors (Lipinski definition) is 2. The van der Waals surface area contributed by atoms with Gasteiger partial charge in [0.05, 0.1) is 32.0 Å². The van der Waals surface area contributed by atoms with Crippen LogP contribution >= 0.6 is 23.8 Å². The first-order chi connectivity index (χ1) is 12.6. The SMILES string of the molecule is O=C1NC(=S)N(c2cccc(Cl)c2)C(=O)[C@H]1C=NCC[NH+]1CCOCC1. The van der Waals surface area contributed by atoms with Gasteiger partial charge in [-0.1, -0.05) is 17.7 Å². The number of nitrogens with zero attached hydrogens (tertiary/aromatic N) is 2. The van der Waals surface area contributed by atoms with Gasteiger partial charge in [0.15, 0.2) is 11.0 Å². The lowest BCUT2D eigenvalue weighted by molar-refractivity contribution is -0.906. The summed E-state index contributed by atoms with van der Waals surface area (Å²) in [7, 11) is 0. The standard InChI is InChI=1S/C17H19ClN4O3S/c18-12-2-1-3-13(10-12)22-16(24)14(15(23)20-17(22)26)11-19-4-5-21-6-8-25-9-7-21/h1-3,10-11,14H,4-9H2,(H,20,23,26)/p+1/t14-/m0/s1. The minimum atomic E-state index is -1.000. The molecule has 2 amide bonds. The number of halogens is 1. The molecule has 1 aromatic carbocycles. The molecule has 2 N–H and O–H groups in total. The summed E-state index contributed by atoms with van der Waals surface area (Å²) in [6.07, 6.45) is 1.41. The highest BCUT2D eigenvalue weighted by Crippen LogP contribution is 2.23. The highest BCUT2D eigenvalue weighted by atomic mass is 35.5. The third kappa shape index (κ3) is 4.45. The largest absolute Gasteiger partial charge is 0.370 e. The molecule has 3 rings (SSSR count). The van der Waals surface area contributed by atoms with Gasteiger partial charge in [-0.2, -0.15) is 0 Å². The maximum absolute atomic E-state index is 12.8. The quantitative estimate of drug-likeness (QED) is 0.407. The van der Waals surface area contributed by atoms with Crippen molar-refractivity contribution in [2.75, 3.05) is 44.3 Å². The Morgan fingerprint density at radius 1 is 1.38 bits per heavy atom. The maximum Gasteiger partial charge on any atom is 0.251 e. The predicted octanol–water partition coefficient (Wildman–Crippen LogP) is -0.310. The molecule has 0 spiro atoms. The maximum atomic E-state index is 12.8. The van der Waals surface area contributed by atoms with Crippen LogP contribution in [0.2, 0.25) is 5.02 Å². The van der Waals surface area contributed by atoms with Crippen molar-refractivity contribution < 1.29 is 19.2 Å². The van der Waals surface area contributed by atoms with E-state index >= 15 is 0 Å². The summed E-state index contributed by atoms with van der Waals surface area (Å²) in [5.41, 5.74) is 0.517. The van der Waals surface area contributed by atoms with Crippen LogP contribution < -0.4 is 15.1 Å². The molecule has 2 aliphatic heterocycles. The molecule has 2 fully saturated rings. The monoisotopic (exact) mass is 395 g/mol. The van der Waals surface area contributed by atoms with Crippen molar-refractivity contribution in [2.24, 2.45) is 10.9 Å². The minimum Gasteiger partial charge on any atom is -0.370 e. The van der Waals surface area contributed by atoms with E-state index in [1.54, 1.807) is 24.3 Å². The summed E-state index contributed by atoms with van der Waals surface area (Å²) >= 11 is 11.1. The Bertz CT molecular complexity index is 736. The lowest BCUT2D eigenvalue weighted by atomic mass is 10.1. The molecule has 2 saturated heterocycles. The van der Waals surface area contributed by atoms with Crippen LogP contribution in [0.25, 0.3) is 0 Å². The molecule has 2 heterocycles. The number of nitrogens with one attached hydrogen (secondary N) is 2. The van der Waals surface area contributed by atoms with Crippen molar-refractivity contribution in [3.8, 4) is 0 Å². The zero-order valence-electron chi connectivity index (χ0n) is 14.1. The molecule has 9 heteroatoms. The second-order valence-electron chi connectivity index (χ2n) is 6.09. The van der Waals surface area contributed by atoms with E-state index in [2.05, 4.69) is 10.3 Å². The molecule has 0 radical (unpaired) electrons. The third-order valence-electron chi connectivity index (χ3n) is 4.32. The summed E-state index contributed by atoms with van der Waals surface area (Å²) in [6, 6.07) is 6.76. The van der Waals surface area contributed by atoms with E-state index in [4.69, 9.17) is 28.6 Å². The van der Waals surface area contributed by atoms with Crippen LogP contribution in [0.15, 0.2) is 29.3 Å². The first kappa shape index (κ1) is 18.9. The lowest BCUT2D eigenvalue weighted by Gasteiger charge is -2.31. The number of thiocarbonyl (C=S) groups is 1. The Hall–Kier alpha value is -1.87. The summed E-state index contributed by atoms with van der Waals surface area (Å²) in [6.45, 7) is 4.82. The van der Waals surface area contributed by atoms with Gasteiger partial charge >= 0.3 is 0 Å². The minimum absolute atomic E-state index is 0.0460. The van der Waals surface area contributed by atoms with E-state index in [0.717, 1.165) is 32.8 Å². The van der Waals surface area contributed by atoms with Crippen LogP contribution in [0.3, 0.4) is 0 Å². The number of benzene rings is 1. The van der Waals surface area contributed by atoms with E-state index in [1.807, 2.05) is 0 Å². The van der Waals surface area contributed by atoms with E-state index in [1.165, 1.54) is 16.0 Å². The van der Waals surface area contributed by atoms with Gasteiger partial charge < -0.3 is 15.0 Å². The second-order valence-corrected chi connectivity index (χ2v) is 6.92. The van der Waals surface area contributed by atoms with E-state index in [9.17, 15) is 9.59 Å². The first-order valence-corrected chi connectivity index (χ1v) is 9.20. The summed E-state index contributed by atoms with van der Waals surface area (Å²) in [5.74, 6) is -1.88. The van der Waals surface area contributed by atoms with E-state index in [-0.39, 0.29) is 5.11 Å². The number of anilines is 1. The number of hydrogen-bond acceptors (Lipinski definition) is 5.